The highest BCUT2D eigenvalue weighted by Gasteiger charge is 2.33. The molecule has 3 aromatic rings. The van der Waals surface area contributed by atoms with Gasteiger partial charge in [-0.15, -0.1) is 11.3 Å². The summed E-state index contributed by atoms with van der Waals surface area (Å²) in [6.07, 6.45) is 1.73. The maximum atomic E-state index is 13.7. The maximum Gasteiger partial charge on any atom is 0.338 e. The Morgan fingerprint density at radius 1 is 1.25 bits per heavy atom. The summed E-state index contributed by atoms with van der Waals surface area (Å²) < 4.78 is 18.8. The van der Waals surface area contributed by atoms with Gasteiger partial charge in [-0.2, -0.15) is 0 Å². The third kappa shape index (κ3) is 5.09. The van der Waals surface area contributed by atoms with Gasteiger partial charge < -0.3 is 14.2 Å². The molecule has 1 atom stereocenters. The van der Waals surface area contributed by atoms with E-state index in [4.69, 9.17) is 14.2 Å². The molecule has 8 nitrogen and oxygen atoms in total. The van der Waals surface area contributed by atoms with Gasteiger partial charge in [0, 0.05) is 11.8 Å². The first-order valence-electron chi connectivity index (χ1n) is 11.1. The number of hydrogen-bond acceptors (Lipinski definition) is 9. The zero-order valence-electron chi connectivity index (χ0n) is 20.0. The third-order valence-corrected chi connectivity index (χ3v) is 7.70. The number of halogens is 1. The maximum absolute atomic E-state index is 13.7. The number of ether oxygens (including phenoxy) is 3. The topological polar surface area (TPSA) is 96.2 Å². The molecule has 2 aromatic heterocycles. The van der Waals surface area contributed by atoms with Gasteiger partial charge in [0.2, 0.25) is 0 Å². The first-order chi connectivity index (χ1) is 17.2. The van der Waals surface area contributed by atoms with Gasteiger partial charge in [-0.3, -0.25) is 14.2 Å². The molecule has 0 saturated carbocycles. The van der Waals surface area contributed by atoms with Crippen LogP contribution < -0.4 is 24.4 Å². The fourth-order valence-corrected chi connectivity index (χ4v) is 6.25. The van der Waals surface area contributed by atoms with Gasteiger partial charge in [0.05, 0.1) is 33.5 Å². The minimum Gasteiger partial charge on any atom is -0.490 e. The van der Waals surface area contributed by atoms with Gasteiger partial charge in [0.15, 0.2) is 16.3 Å². The number of fused-ring (bicyclic) bond motifs is 1. The van der Waals surface area contributed by atoms with E-state index >= 15 is 0 Å². The minimum absolute atomic E-state index is 0.220. The number of benzene rings is 1. The quantitative estimate of drug-likeness (QED) is 0.305. The van der Waals surface area contributed by atoms with Crippen molar-refractivity contribution in [1.82, 2.24) is 4.57 Å². The summed E-state index contributed by atoms with van der Waals surface area (Å²) in [4.78, 5) is 44.0. The largest absolute Gasteiger partial charge is 0.490 e. The molecule has 1 aromatic carbocycles. The number of thiazole rings is 1. The Kier molecular flexibility index (Phi) is 7.91. The Morgan fingerprint density at radius 3 is 2.67 bits per heavy atom. The summed E-state index contributed by atoms with van der Waals surface area (Å²) in [5.74, 6) is -0.315. The van der Waals surface area contributed by atoms with E-state index < -0.39 is 18.0 Å². The Hall–Kier alpha value is -3.02. The van der Waals surface area contributed by atoms with Gasteiger partial charge in [0.1, 0.15) is 6.04 Å². The highest BCUT2D eigenvalue weighted by Crippen LogP contribution is 2.37. The lowest BCUT2D eigenvalue weighted by Gasteiger charge is -2.23. The minimum atomic E-state index is -0.625. The van der Waals surface area contributed by atoms with Gasteiger partial charge in [0.25, 0.3) is 5.56 Å². The summed E-state index contributed by atoms with van der Waals surface area (Å²) in [6, 6.07) is 6.59. The molecule has 188 valence electrons. The molecule has 0 saturated heterocycles. The predicted molar refractivity (Wildman–Crippen MR) is 141 cm³/mol. The Balaban J connectivity index is 1.89. The van der Waals surface area contributed by atoms with Crippen LogP contribution in [-0.4, -0.2) is 29.7 Å². The van der Waals surface area contributed by atoms with Crippen molar-refractivity contribution < 1.29 is 23.8 Å². The lowest BCUT2D eigenvalue weighted by atomic mass is 10.0. The van der Waals surface area contributed by atoms with Gasteiger partial charge in [-0.1, -0.05) is 17.4 Å². The number of esters is 2. The standard InChI is InChI=1S/C25H23BrN2O6S2/c1-5-32-17-11-15(10-16(26)22(17)34-14(4)29)12-19-23(30)28-21(18-8-7-9-35-18)20(24(31)33-6-2)13(3)27-25(28)36-19/h7-12,21H,5-6H2,1-4H3/b19-12-/t21-/m1/s1. The highest BCUT2D eigenvalue weighted by atomic mass is 79.9. The van der Waals surface area contributed by atoms with E-state index in [-0.39, 0.29) is 17.9 Å². The molecule has 4 rings (SSSR count). The van der Waals surface area contributed by atoms with Crippen LogP contribution in [0.15, 0.2) is 55.2 Å². The summed E-state index contributed by atoms with van der Waals surface area (Å²) in [6.45, 7) is 7.21. The van der Waals surface area contributed by atoms with E-state index in [9.17, 15) is 14.4 Å². The number of allylic oxidation sites excluding steroid dienone is 1. The molecule has 0 amide bonds. The van der Waals surface area contributed by atoms with Crippen LogP contribution in [0.2, 0.25) is 0 Å². The molecular weight excluding hydrogens is 568 g/mol. The highest BCUT2D eigenvalue weighted by molar-refractivity contribution is 9.10. The molecule has 3 heterocycles. The second kappa shape index (κ2) is 10.9. The average Bonchev–Trinajstić information content (AvgIpc) is 3.44. The molecule has 11 heteroatoms. The molecule has 1 aliphatic rings. The molecule has 0 spiro atoms. The number of nitrogens with zero attached hydrogens (tertiary/aromatic N) is 2. The molecule has 0 fully saturated rings. The molecular formula is C25H23BrN2O6S2. The van der Waals surface area contributed by atoms with Crippen LogP contribution in [-0.2, 0) is 14.3 Å². The van der Waals surface area contributed by atoms with E-state index in [0.717, 1.165) is 4.88 Å². The van der Waals surface area contributed by atoms with E-state index in [1.807, 2.05) is 24.4 Å². The summed E-state index contributed by atoms with van der Waals surface area (Å²) in [5, 5.41) is 1.90. The molecule has 0 unspecified atom stereocenters. The SMILES string of the molecule is CCOC(=O)C1=C(C)N=c2s/c(=C\c3cc(Br)c(OC(C)=O)c(OCC)c3)c(=O)n2[C@@H]1c1cccs1. The van der Waals surface area contributed by atoms with Crippen molar-refractivity contribution in [2.24, 2.45) is 4.99 Å². The summed E-state index contributed by atoms with van der Waals surface area (Å²) in [7, 11) is 0. The lowest BCUT2D eigenvalue weighted by Crippen LogP contribution is -2.39. The Morgan fingerprint density at radius 2 is 2.03 bits per heavy atom. The van der Waals surface area contributed by atoms with Gasteiger partial charge in [-0.05, 0) is 71.9 Å². The van der Waals surface area contributed by atoms with Gasteiger partial charge in [-0.25, -0.2) is 9.79 Å². The molecule has 1 aliphatic heterocycles. The lowest BCUT2D eigenvalue weighted by molar-refractivity contribution is -0.139. The number of aromatic nitrogens is 1. The monoisotopic (exact) mass is 590 g/mol. The van der Waals surface area contributed by atoms with Crippen molar-refractivity contribution in [1.29, 1.82) is 0 Å². The second-order valence-corrected chi connectivity index (χ2v) is 10.5. The van der Waals surface area contributed by atoms with Crippen molar-refractivity contribution in [2.45, 2.75) is 33.7 Å². The van der Waals surface area contributed by atoms with Crippen LogP contribution in [0.5, 0.6) is 11.5 Å². The number of carbonyl (C=O) groups is 2. The van der Waals surface area contributed by atoms with Crippen LogP contribution in [0.4, 0.5) is 0 Å². The van der Waals surface area contributed by atoms with Crippen molar-refractivity contribution in [2.75, 3.05) is 13.2 Å². The van der Waals surface area contributed by atoms with Crippen molar-refractivity contribution in [3.05, 3.63) is 75.5 Å². The normalized spacial score (nSPS) is 15.4. The van der Waals surface area contributed by atoms with Crippen molar-refractivity contribution in [3.8, 4) is 11.5 Å². The van der Waals surface area contributed by atoms with Crippen LogP contribution in [0.3, 0.4) is 0 Å². The van der Waals surface area contributed by atoms with E-state index in [1.54, 1.807) is 36.6 Å². The number of carbonyl (C=O) groups excluding carboxylic acids is 2. The fourth-order valence-electron chi connectivity index (χ4n) is 3.84. The number of hydrogen-bond donors (Lipinski definition) is 0. The van der Waals surface area contributed by atoms with Crippen LogP contribution in [0, 0.1) is 0 Å². The van der Waals surface area contributed by atoms with E-state index in [0.29, 0.717) is 43.0 Å². The third-order valence-electron chi connectivity index (χ3n) is 5.20. The molecule has 36 heavy (non-hydrogen) atoms. The van der Waals surface area contributed by atoms with Crippen LogP contribution >= 0.6 is 38.6 Å². The van der Waals surface area contributed by atoms with Gasteiger partial charge >= 0.3 is 11.9 Å². The fraction of sp³-hybridized carbons (Fsp3) is 0.280. The average molecular weight is 592 g/mol. The zero-order valence-corrected chi connectivity index (χ0v) is 23.2. The molecule has 0 aliphatic carbocycles. The smallest absolute Gasteiger partial charge is 0.338 e. The van der Waals surface area contributed by atoms with Crippen LogP contribution in [0.25, 0.3) is 6.08 Å². The Labute approximate surface area is 223 Å². The first kappa shape index (κ1) is 26.1. The number of rotatable bonds is 7. The molecule has 0 radical (unpaired) electrons. The molecule has 0 bridgehead atoms. The van der Waals surface area contributed by atoms with E-state index in [1.165, 1.54) is 29.6 Å². The summed E-state index contributed by atoms with van der Waals surface area (Å²) in [5.41, 5.74) is 1.27. The van der Waals surface area contributed by atoms with Crippen molar-refractivity contribution >= 4 is 56.6 Å². The van der Waals surface area contributed by atoms with Crippen molar-refractivity contribution in [3.63, 3.8) is 0 Å². The number of thiophene rings is 1. The predicted octanol–water partition coefficient (Wildman–Crippen LogP) is 3.95. The van der Waals surface area contributed by atoms with Crippen LogP contribution in [0.1, 0.15) is 44.2 Å². The summed E-state index contributed by atoms with van der Waals surface area (Å²) >= 11 is 6.13. The molecule has 0 N–H and O–H groups in total. The Bertz CT molecular complexity index is 1540. The second-order valence-electron chi connectivity index (χ2n) is 7.67. The zero-order chi connectivity index (χ0) is 26.0. The first-order valence-corrected chi connectivity index (χ1v) is 13.6. The van der Waals surface area contributed by atoms with E-state index in [2.05, 4.69) is 20.9 Å².